The topological polar surface area (TPSA) is 38.3 Å². The molecule has 0 spiro atoms. The van der Waals surface area contributed by atoms with Crippen molar-refractivity contribution in [3.8, 4) is 5.75 Å². The average molecular weight is 373 g/mol. The number of ether oxygens (including phenoxy) is 1. The van der Waals surface area contributed by atoms with Gasteiger partial charge in [-0.05, 0) is 79.1 Å². The van der Waals surface area contributed by atoms with Crippen LogP contribution in [-0.4, -0.2) is 12.0 Å². The molecule has 0 unspecified atom stereocenters. The SMILES string of the molecule is C[C@H](NC(=O)[C@@H](C)Oc1ccc2ccccc2c1)c1ccc2c(c1)CCCC2. The van der Waals surface area contributed by atoms with Gasteiger partial charge in [0.1, 0.15) is 5.75 Å². The molecule has 2 atom stereocenters. The first-order chi connectivity index (χ1) is 13.6. The zero-order valence-electron chi connectivity index (χ0n) is 16.6. The zero-order valence-corrected chi connectivity index (χ0v) is 16.6. The summed E-state index contributed by atoms with van der Waals surface area (Å²) in [5.41, 5.74) is 4.05. The van der Waals surface area contributed by atoms with Crippen molar-refractivity contribution < 1.29 is 9.53 Å². The van der Waals surface area contributed by atoms with Crippen LogP contribution in [0, 0.1) is 0 Å². The summed E-state index contributed by atoms with van der Waals surface area (Å²) in [4.78, 5) is 12.6. The van der Waals surface area contributed by atoms with E-state index in [1.807, 2.05) is 43.3 Å². The van der Waals surface area contributed by atoms with Crippen LogP contribution in [0.4, 0.5) is 0 Å². The van der Waals surface area contributed by atoms with Gasteiger partial charge in [-0.3, -0.25) is 4.79 Å². The third kappa shape index (κ3) is 4.04. The van der Waals surface area contributed by atoms with Crippen LogP contribution in [0.3, 0.4) is 0 Å². The molecule has 0 saturated carbocycles. The predicted molar refractivity (Wildman–Crippen MR) is 114 cm³/mol. The summed E-state index contributed by atoms with van der Waals surface area (Å²) in [5.74, 6) is 0.612. The molecule has 144 valence electrons. The van der Waals surface area contributed by atoms with Gasteiger partial charge in [0.2, 0.25) is 0 Å². The molecular weight excluding hydrogens is 346 g/mol. The van der Waals surface area contributed by atoms with Crippen LogP contribution in [-0.2, 0) is 17.6 Å². The second-order valence-corrected chi connectivity index (χ2v) is 7.73. The highest BCUT2D eigenvalue weighted by Gasteiger charge is 2.19. The maximum absolute atomic E-state index is 12.6. The number of hydrogen-bond acceptors (Lipinski definition) is 2. The molecule has 3 heteroatoms. The number of carbonyl (C=O) groups excluding carboxylic acids is 1. The molecule has 0 fully saturated rings. The lowest BCUT2D eigenvalue weighted by Crippen LogP contribution is -2.37. The third-order valence-corrected chi connectivity index (χ3v) is 5.63. The monoisotopic (exact) mass is 373 g/mol. The first kappa shape index (κ1) is 18.5. The maximum atomic E-state index is 12.6. The molecule has 0 bridgehead atoms. The van der Waals surface area contributed by atoms with Gasteiger partial charge in [-0.15, -0.1) is 0 Å². The molecule has 1 aliphatic rings. The fourth-order valence-corrected chi connectivity index (χ4v) is 3.94. The highest BCUT2D eigenvalue weighted by molar-refractivity contribution is 5.84. The van der Waals surface area contributed by atoms with E-state index in [0.29, 0.717) is 5.75 Å². The van der Waals surface area contributed by atoms with E-state index in [2.05, 4.69) is 29.6 Å². The molecule has 3 aromatic carbocycles. The first-order valence-corrected chi connectivity index (χ1v) is 10.2. The molecule has 0 radical (unpaired) electrons. The lowest BCUT2D eigenvalue weighted by molar-refractivity contribution is -0.127. The van der Waals surface area contributed by atoms with Gasteiger partial charge in [0, 0.05) is 0 Å². The molecule has 3 aromatic rings. The molecule has 3 nitrogen and oxygen atoms in total. The Morgan fingerprint density at radius 1 is 0.893 bits per heavy atom. The summed E-state index contributed by atoms with van der Waals surface area (Å²) in [6.07, 6.45) is 4.30. The second-order valence-electron chi connectivity index (χ2n) is 7.73. The second kappa shape index (κ2) is 8.05. The molecule has 1 N–H and O–H groups in total. The van der Waals surface area contributed by atoms with Crippen LogP contribution >= 0.6 is 0 Å². The molecule has 0 aliphatic heterocycles. The predicted octanol–water partition coefficient (Wildman–Crippen LogP) is 5.36. The van der Waals surface area contributed by atoms with E-state index in [-0.39, 0.29) is 11.9 Å². The van der Waals surface area contributed by atoms with Crippen LogP contribution in [0.25, 0.3) is 10.8 Å². The van der Waals surface area contributed by atoms with Gasteiger partial charge in [-0.25, -0.2) is 0 Å². The van der Waals surface area contributed by atoms with Crippen molar-refractivity contribution in [3.05, 3.63) is 77.4 Å². The number of rotatable bonds is 5. The van der Waals surface area contributed by atoms with Crippen LogP contribution in [0.1, 0.15) is 49.4 Å². The normalized spacial score (nSPS) is 15.5. The van der Waals surface area contributed by atoms with Gasteiger partial charge in [0.05, 0.1) is 6.04 Å². The first-order valence-electron chi connectivity index (χ1n) is 10.2. The van der Waals surface area contributed by atoms with Crippen LogP contribution in [0.5, 0.6) is 5.75 Å². The Hall–Kier alpha value is -2.81. The number of nitrogens with one attached hydrogen (secondary N) is 1. The van der Waals surface area contributed by atoms with E-state index in [9.17, 15) is 4.79 Å². The summed E-state index contributed by atoms with van der Waals surface area (Å²) in [7, 11) is 0. The van der Waals surface area contributed by atoms with Gasteiger partial charge in [-0.1, -0.05) is 48.5 Å². The van der Waals surface area contributed by atoms with Crippen LogP contribution < -0.4 is 10.1 Å². The molecule has 1 aliphatic carbocycles. The fraction of sp³-hybridized carbons (Fsp3) is 0.320. The highest BCUT2D eigenvalue weighted by Crippen LogP contribution is 2.25. The number of fused-ring (bicyclic) bond motifs is 2. The van der Waals surface area contributed by atoms with E-state index in [1.54, 1.807) is 6.92 Å². The van der Waals surface area contributed by atoms with Crippen molar-refractivity contribution in [3.63, 3.8) is 0 Å². The summed E-state index contributed by atoms with van der Waals surface area (Å²) in [5, 5.41) is 5.36. The number of carbonyl (C=O) groups is 1. The summed E-state index contributed by atoms with van der Waals surface area (Å²) in [6.45, 7) is 3.83. The van der Waals surface area contributed by atoms with E-state index in [0.717, 1.165) is 22.8 Å². The number of aryl methyl sites for hydroxylation is 2. The van der Waals surface area contributed by atoms with E-state index >= 15 is 0 Å². The summed E-state index contributed by atoms with van der Waals surface area (Å²) < 4.78 is 5.90. The molecule has 0 aromatic heterocycles. The van der Waals surface area contributed by atoms with Crippen molar-refractivity contribution in [1.29, 1.82) is 0 Å². The molecule has 28 heavy (non-hydrogen) atoms. The van der Waals surface area contributed by atoms with Crippen molar-refractivity contribution in [1.82, 2.24) is 5.32 Å². The minimum Gasteiger partial charge on any atom is -0.481 e. The van der Waals surface area contributed by atoms with E-state index < -0.39 is 6.10 Å². The Labute approximate surface area is 166 Å². The summed E-state index contributed by atoms with van der Waals surface area (Å²) in [6, 6.07) is 20.6. The van der Waals surface area contributed by atoms with Crippen molar-refractivity contribution in [2.75, 3.05) is 0 Å². The summed E-state index contributed by atoms with van der Waals surface area (Å²) >= 11 is 0. The van der Waals surface area contributed by atoms with Gasteiger partial charge in [0.25, 0.3) is 5.91 Å². The minimum absolute atomic E-state index is 0.0395. The average Bonchev–Trinajstić information content (AvgIpc) is 2.73. The van der Waals surface area contributed by atoms with Gasteiger partial charge < -0.3 is 10.1 Å². The quantitative estimate of drug-likeness (QED) is 0.653. The van der Waals surface area contributed by atoms with E-state index in [1.165, 1.54) is 30.4 Å². The highest BCUT2D eigenvalue weighted by atomic mass is 16.5. The fourth-order valence-electron chi connectivity index (χ4n) is 3.94. The maximum Gasteiger partial charge on any atom is 0.261 e. The van der Waals surface area contributed by atoms with Gasteiger partial charge in [-0.2, -0.15) is 0 Å². The third-order valence-electron chi connectivity index (χ3n) is 5.63. The van der Waals surface area contributed by atoms with Gasteiger partial charge >= 0.3 is 0 Å². The zero-order chi connectivity index (χ0) is 19.5. The lowest BCUT2D eigenvalue weighted by Gasteiger charge is -2.22. The molecule has 1 amide bonds. The van der Waals surface area contributed by atoms with Crippen molar-refractivity contribution >= 4 is 16.7 Å². The van der Waals surface area contributed by atoms with Crippen LogP contribution in [0.2, 0.25) is 0 Å². The molecule has 4 rings (SSSR count). The number of hydrogen-bond donors (Lipinski definition) is 1. The standard InChI is InChI=1S/C25H27NO2/c1-17(21-12-11-19-7-3-5-9-22(19)15-21)26-25(27)18(2)28-24-14-13-20-8-4-6-10-23(20)16-24/h4,6,8,10-18H,3,5,7,9H2,1-2H3,(H,26,27)/t17-,18+/m0/s1. The van der Waals surface area contributed by atoms with Crippen LogP contribution in [0.15, 0.2) is 60.7 Å². The van der Waals surface area contributed by atoms with Gasteiger partial charge in [0.15, 0.2) is 6.10 Å². The Kier molecular flexibility index (Phi) is 5.34. The molecular formula is C25H27NO2. The smallest absolute Gasteiger partial charge is 0.261 e. The number of benzene rings is 3. The Morgan fingerprint density at radius 3 is 2.46 bits per heavy atom. The largest absolute Gasteiger partial charge is 0.481 e. The Bertz CT molecular complexity index is 995. The Balaban J connectivity index is 1.40. The van der Waals surface area contributed by atoms with E-state index in [4.69, 9.17) is 4.74 Å². The lowest BCUT2D eigenvalue weighted by atomic mass is 9.89. The molecule has 0 saturated heterocycles. The number of amides is 1. The van der Waals surface area contributed by atoms with Crippen molar-refractivity contribution in [2.24, 2.45) is 0 Å². The van der Waals surface area contributed by atoms with Crippen molar-refractivity contribution in [2.45, 2.75) is 51.7 Å². The minimum atomic E-state index is -0.554. The Morgan fingerprint density at radius 2 is 1.64 bits per heavy atom. The molecule has 0 heterocycles.